The zero-order valence-corrected chi connectivity index (χ0v) is 24.4. The van der Waals surface area contributed by atoms with Crippen LogP contribution in [0.1, 0.15) is 40.2 Å². The molecule has 0 saturated carbocycles. The second kappa shape index (κ2) is 13.2. The molecule has 11 heteroatoms. The maximum atomic E-state index is 14.9. The minimum Gasteiger partial charge on any atom is -0.459 e. The summed E-state index contributed by atoms with van der Waals surface area (Å²) in [7, 11) is 1.90. The van der Waals surface area contributed by atoms with Crippen molar-refractivity contribution in [2.24, 2.45) is 5.10 Å². The predicted molar refractivity (Wildman–Crippen MR) is 159 cm³/mol. The Morgan fingerprint density at radius 2 is 1.65 bits per heavy atom. The van der Waals surface area contributed by atoms with Gasteiger partial charge in [0, 0.05) is 79.9 Å². The number of hydrogen-bond acceptors (Lipinski definition) is 7. The topological polar surface area (TPSA) is 65.5 Å². The van der Waals surface area contributed by atoms with Gasteiger partial charge in [-0.3, -0.25) is 19.5 Å². The highest BCUT2D eigenvalue weighted by Crippen LogP contribution is 2.33. The van der Waals surface area contributed by atoms with Crippen LogP contribution < -0.4 is 4.90 Å². The van der Waals surface area contributed by atoms with Gasteiger partial charge >= 0.3 is 0 Å². The fourth-order valence-corrected chi connectivity index (χ4v) is 5.95. The Morgan fingerprint density at radius 3 is 2.30 bits per heavy atom. The summed E-state index contributed by atoms with van der Waals surface area (Å²) < 4.78 is 48.6. The Labute approximate surface area is 253 Å². The molecule has 0 N–H and O–H groups in total. The smallest absolute Gasteiger partial charge is 0.293 e. The van der Waals surface area contributed by atoms with E-state index in [9.17, 15) is 22.8 Å². The first-order valence-corrected chi connectivity index (χ1v) is 14.4. The van der Waals surface area contributed by atoms with Crippen molar-refractivity contribution >= 4 is 35.8 Å². The average Bonchev–Trinajstić information content (AvgIpc) is 3.39. The van der Waals surface area contributed by atoms with Gasteiger partial charge in [0.15, 0.2) is 11.6 Å². The molecule has 7 nitrogen and oxygen atoms in total. The van der Waals surface area contributed by atoms with Gasteiger partial charge in [0.05, 0.1) is 18.8 Å². The molecule has 226 valence electrons. The summed E-state index contributed by atoms with van der Waals surface area (Å²) in [4.78, 5) is 26.7. The van der Waals surface area contributed by atoms with Crippen LogP contribution >= 0.6 is 11.6 Å². The van der Waals surface area contributed by atoms with Crippen molar-refractivity contribution in [2.45, 2.75) is 30.9 Å². The minimum absolute atomic E-state index is 0.0640. The van der Waals surface area contributed by atoms with Crippen LogP contribution in [0.25, 0.3) is 0 Å². The van der Waals surface area contributed by atoms with Gasteiger partial charge in [-0.15, -0.1) is 0 Å². The van der Waals surface area contributed by atoms with Gasteiger partial charge in [-0.05, 0) is 48.0 Å². The molecule has 1 saturated heterocycles. The zero-order valence-electron chi connectivity index (χ0n) is 23.7. The number of nitrogens with zero attached hydrogens (tertiary/aromatic N) is 4. The van der Waals surface area contributed by atoms with Gasteiger partial charge in [-0.1, -0.05) is 23.7 Å². The molecule has 0 aliphatic carbocycles. The molecular formula is C32H32ClF3N4O3. The predicted octanol–water partition coefficient (Wildman–Crippen LogP) is 5.67. The van der Waals surface area contributed by atoms with Crippen LogP contribution in [-0.4, -0.2) is 73.8 Å². The van der Waals surface area contributed by atoms with E-state index in [1.54, 1.807) is 29.3 Å². The number of anilines is 1. The second-order valence-electron chi connectivity index (χ2n) is 11.1. The lowest BCUT2D eigenvalue weighted by molar-refractivity contribution is -0.147. The molecule has 2 aliphatic rings. The maximum Gasteiger partial charge on any atom is 0.293 e. The number of benzene rings is 3. The van der Waals surface area contributed by atoms with E-state index in [1.807, 2.05) is 36.2 Å². The van der Waals surface area contributed by atoms with Crippen LogP contribution in [0.15, 0.2) is 65.8 Å². The molecule has 0 amide bonds. The number of halogens is 4. The normalized spacial score (nSPS) is 18.3. The number of carbonyl (C=O) groups is 2. The average molecular weight is 613 g/mol. The third-order valence-corrected chi connectivity index (χ3v) is 8.46. The van der Waals surface area contributed by atoms with E-state index in [4.69, 9.17) is 21.4 Å². The van der Waals surface area contributed by atoms with Crippen LogP contribution in [0.5, 0.6) is 0 Å². The van der Waals surface area contributed by atoms with Gasteiger partial charge in [-0.25, -0.2) is 13.2 Å². The molecule has 0 radical (unpaired) electrons. The maximum absolute atomic E-state index is 14.9. The summed E-state index contributed by atoms with van der Waals surface area (Å²) in [6.07, 6.45) is 1.89. The molecule has 1 atom stereocenters. The Kier molecular flexibility index (Phi) is 9.37. The van der Waals surface area contributed by atoms with Crippen LogP contribution in [0.3, 0.4) is 0 Å². The van der Waals surface area contributed by atoms with Crippen LogP contribution in [0.2, 0.25) is 5.02 Å². The molecule has 2 heterocycles. The highest BCUT2D eigenvalue weighted by atomic mass is 35.5. The third kappa shape index (κ3) is 7.19. The number of aldehydes is 1. The summed E-state index contributed by atoms with van der Waals surface area (Å²) >= 11 is 6.02. The molecule has 2 aliphatic heterocycles. The number of hydrazone groups is 1. The van der Waals surface area contributed by atoms with Gasteiger partial charge in [0.2, 0.25) is 0 Å². The van der Waals surface area contributed by atoms with Gasteiger partial charge < -0.3 is 9.64 Å². The fourth-order valence-electron chi connectivity index (χ4n) is 5.83. The largest absolute Gasteiger partial charge is 0.459 e. The molecule has 5 rings (SSSR count). The summed E-state index contributed by atoms with van der Waals surface area (Å²) in [5.41, 5.74) is 2.41. The van der Waals surface area contributed by atoms with Gasteiger partial charge in [-0.2, -0.15) is 5.10 Å². The summed E-state index contributed by atoms with van der Waals surface area (Å²) in [6, 6.07) is 16.0. The Bertz CT molecular complexity index is 1480. The second-order valence-corrected chi connectivity index (χ2v) is 11.6. The molecule has 1 fully saturated rings. The van der Waals surface area contributed by atoms with E-state index in [1.165, 1.54) is 0 Å². The Hall–Kier alpha value is -3.89. The number of carbonyl (C=O) groups excluding carboxylic acids is 2. The highest BCUT2D eigenvalue weighted by molar-refractivity contribution is 6.30. The summed E-state index contributed by atoms with van der Waals surface area (Å²) in [6.45, 7) is 3.23. The van der Waals surface area contributed by atoms with E-state index in [2.05, 4.69) is 4.90 Å². The van der Waals surface area contributed by atoms with E-state index >= 15 is 0 Å². The standard InChI is InChI=1S/C32H32ClF3N4O3/c1-38(25-8-4-23(19-41)5-9-25)20-32(43-21-42)10-12-39(13-11-32)18-31-27(26-14-29(35)30(36)15-28(26)34)17-40(37-31)16-22-2-6-24(33)7-3-22/h2-9,14-15,19,21,27H,10-13,16-18,20H2,1H3. The lowest BCUT2D eigenvalue weighted by atomic mass is 9.89. The van der Waals surface area contributed by atoms with Gasteiger partial charge in [0.25, 0.3) is 6.47 Å². The third-order valence-electron chi connectivity index (χ3n) is 8.21. The number of likely N-dealkylation sites (N-methyl/N-ethyl adjacent to an activating group) is 1. The number of hydrogen-bond donors (Lipinski definition) is 0. The van der Waals surface area contributed by atoms with Crippen molar-refractivity contribution in [3.05, 3.63) is 99.8 Å². The summed E-state index contributed by atoms with van der Waals surface area (Å²) in [5, 5.41) is 7.21. The van der Waals surface area contributed by atoms with Crippen LogP contribution in [-0.2, 0) is 16.1 Å². The Balaban J connectivity index is 1.31. The van der Waals surface area contributed by atoms with E-state index in [-0.39, 0.29) is 5.56 Å². The van der Waals surface area contributed by atoms with Crippen LogP contribution in [0, 0.1) is 17.5 Å². The molecule has 3 aromatic rings. The first kappa shape index (κ1) is 30.6. The molecule has 0 aromatic heterocycles. The van der Waals surface area contributed by atoms with Crippen molar-refractivity contribution in [3.63, 3.8) is 0 Å². The first-order valence-electron chi connectivity index (χ1n) is 14.0. The number of rotatable bonds is 11. The van der Waals surface area contributed by atoms with Crippen molar-refractivity contribution < 1.29 is 27.5 Å². The van der Waals surface area contributed by atoms with Crippen LogP contribution in [0.4, 0.5) is 18.9 Å². The number of ether oxygens (including phenoxy) is 1. The Morgan fingerprint density at radius 1 is 0.977 bits per heavy atom. The number of likely N-dealkylation sites (tertiary alicyclic amines) is 1. The van der Waals surface area contributed by atoms with E-state index in [0.29, 0.717) is 80.9 Å². The minimum atomic E-state index is -1.23. The number of piperidine rings is 1. The highest BCUT2D eigenvalue weighted by Gasteiger charge is 2.39. The molecule has 3 aromatic carbocycles. The SMILES string of the molecule is CN(CC1(OC=O)CCN(CC2=NN(Cc3ccc(Cl)cc3)CC2c2cc(F)c(F)cc2F)CC1)c1ccc(C=O)cc1. The van der Waals surface area contributed by atoms with Crippen molar-refractivity contribution in [1.29, 1.82) is 0 Å². The lowest BCUT2D eigenvalue weighted by Crippen LogP contribution is -2.52. The molecule has 0 spiro atoms. The molecule has 1 unspecified atom stereocenters. The quantitative estimate of drug-likeness (QED) is 0.205. The van der Waals surface area contributed by atoms with Gasteiger partial charge in [0.1, 0.15) is 17.7 Å². The fraction of sp³-hybridized carbons (Fsp3) is 0.344. The molecular weight excluding hydrogens is 581 g/mol. The van der Waals surface area contributed by atoms with Crippen molar-refractivity contribution in [3.8, 4) is 0 Å². The lowest BCUT2D eigenvalue weighted by Gasteiger charge is -2.42. The monoisotopic (exact) mass is 612 g/mol. The van der Waals surface area contributed by atoms with E-state index in [0.717, 1.165) is 23.6 Å². The molecule has 0 bridgehead atoms. The van der Waals surface area contributed by atoms with Crippen molar-refractivity contribution in [2.75, 3.05) is 44.7 Å². The first-order chi connectivity index (χ1) is 20.7. The zero-order chi connectivity index (χ0) is 30.6. The van der Waals surface area contributed by atoms with E-state index < -0.39 is 29.0 Å². The molecule has 43 heavy (non-hydrogen) atoms. The van der Waals surface area contributed by atoms with Crippen molar-refractivity contribution in [1.82, 2.24) is 9.91 Å². The summed E-state index contributed by atoms with van der Waals surface area (Å²) in [5.74, 6) is -3.72.